The van der Waals surface area contributed by atoms with Crippen molar-refractivity contribution < 1.29 is 14.0 Å². The van der Waals surface area contributed by atoms with E-state index >= 15 is 0 Å². The van der Waals surface area contributed by atoms with Gasteiger partial charge in [0.2, 0.25) is 0 Å². The van der Waals surface area contributed by atoms with Gasteiger partial charge in [0.25, 0.3) is 11.8 Å². The zero-order chi connectivity index (χ0) is 21.1. The number of carbonyl (C=O) groups excluding carboxylic acids is 2. The van der Waals surface area contributed by atoms with Crippen molar-refractivity contribution in [2.45, 2.75) is 46.6 Å². The molecule has 1 aliphatic rings. The molecule has 1 saturated carbocycles. The maximum Gasteiger partial charge on any atom is 0.267 e. The van der Waals surface area contributed by atoms with Gasteiger partial charge >= 0.3 is 0 Å². The standard InChI is InChI=1S/C21H29FN4O2/c1-12-15(9-13(10-16(12)22)19(27)26-14-5-6-14)17(23)7-8-18(24)20(28)25-11-21(2,3)4/h7-10,14H,5-6,11,23-24H2,1-4H3,(H,25,28)(H,26,27)/b17-7-,18-8-. The second kappa shape index (κ2) is 8.46. The molecule has 28 heavy (non-hydrogen) atoms. The molecule has 6 nitrogen and oxygen atoms in total. The summed E-state index contributed by atoms with van der Waals surface area (Å²) in [5.41, 5.74) is 12.9. The summed E-state index contributed by atoms with van der Waals surface area (Å²) in [7, 11) is 0. The van der Waals surface area contributed by atoms with Gasteiger partial charge in [0.1, 0.15) is 5.82 Å². The zero-order valence-corrected chi connectivity index (χ0v) is 16.9. The van der Waals surface area contributed by atoms with Crippen LogP contribution in [0.4, 0.5) is 4.39 Å². The van der Waals surface area contributed by atoms with Crippen molar-refractivity contribution in [2.75, 3.05) is 6.54 Å². The van der Waals surface area contributed by atoms with E-state index in [4.69, 9.17) is 11.5 Å². The second-order valence-electron chi connectivity index (χ2n) is 8.37. The first-order valence-corrected chi connectivity index (χ1v) is 9.30. The molecule has 0 aliphatic heterocycles. The molecule has 6 N–H and O–H groups in total. The maximum absolute atomic E-state index is 14.3. The maximum atomic E-state index is 14.3. The number of halogens is 1. The summed E-state index contributed by atoms with van der Waals surface area (Å²) in [4.78, 5) is 24.2. The molecule has 2 rings (SSSR count). The smallest absolute Gasteiger partial charge is 0.267 e. The number of benzene rings is 1. The molecule has 1 aromatic carbocycles. The van der Waals surface area contributed by atoms with Crippen molar-refractivity contribution in [3.63, 3.8) is 0 Å². The molecule has 0 aromatic heterocycles. The van der Waals surface area contributed by atoms with E-state index in [2.05, 4.69) is 10.6 Å². The average molecular weight is 388 g/mol. The molecule has 0 saturated heterocycles. The number of hydrogen-bond donors (Lipinski definition) is 4. The molecular formula is C21H29FN4O2. The van der Waals surface area contributed by atoms with Crippen LogP contribution in [0.5, 0.6) is 0 Å². The van der Waals surface area contributed by atoms with Crippen molar-refractivity contribution >= 4 is 17.5 Å². The minimum atomic E-state index is -0.519. The van der Waals surface area contributed by atoms with Crippen LogP contribution in [0.15, 0.2) is 30.0 Å². The van der Waals surface area contributed by atoms with Crippen molar-refractivity contribution in [1.29, 1.82) is 0 Å². The summed E-state index contributed by atoms with van der Waals surface area (Å²) < 4.78 is 14.3. The van der Waals surface area contributed by atoms with Crippen LogP contribution in [0.25, 0.3) is 5.70 Å². The fourth-order valence-corrected chi connectivity index (χ4v) is 2.40. The van der Waals surface area contributed by atoms with Gasteiger partial charge < -0.3 is 22.1 Å². The lowest BCUT2D eigenvalue weighted by atomic mass is 9.97. The molecule has 152 valence electrons. The highest BCUT2D eigenvalue weighted by atomic mass is 19.1. The first-order valence-electron chi connectivity index (χ1n) is 9.30. The molecule has 0 heterocycles. The van der Waals surface area contributed by atoms with Crippen molar-refractivity contribution in [2.24, 2.45) is 16.9 Å². The summed E-state index contributed by atoms with van der Waals surface area (Å²) >= 11 is 0. The highest BCUT2D eigenvalue weighted by Crippen LogP contribution is 2.23. The molecule has 0 radical (unpaired) electrons. The fourth-order valence-electron chi connectivity index (χ4n) is 2.40. The van der Waals surface area contributed by atoms with Crippen LogP contribution in [-0.4, -0.2) is 24.4 Å². The van der Waals surface area contributed by atoms with Gasteiger partial charge in [-0.1, -0.05) is 20.8 Å². The molecule has 1 aromatic rings. The van der Waals surface area contributed by atoms with Crippen LogP contribution in [0.2, 0.25) is 0 Å². The SMILES string of the molecule is Cc1c(F)cc(C(=O)NC2CC2)cc1/C(N)=C/C=C(\N)C(=O)NCC(C)(C)C. The molecule has 1 fully saturated rings. The monoisotopic (exact) mass is 388 g/mol. The van der Waals surface area contributed by atoms with E-state index in [-0.39, 0.29) is 34.3 Å². The minimum Gasteiger partial charge on any atom is -0.398 e. The topological polar surface area (TPSA) is 110 Å². The zero-order valence-electron chi connectivity index (χ0n) is 16.9. The van der Waals surface area contributed by atoms with Crippen molar-refractivity contribution in [1.82, 2.24) is 10.6 Å². The molecule has 1 aliphatic carbocycles. The molecule has 0 spiro atoms. The lowest BCUT2D eigenvalue weighted by Gasteiger charge is -2.18. The number of nitrogens with two attached hydrogens (primary N) is 2. The predicted octanol–water partition coefficient (Wildman–Crippen LogP) is 2.33. The Kier molecular flexibility index (Phi) is 6.48. The Balaban J connectivity index is 2.19. The van der Waals surface area contributed by atoms with Crippen LogP contribution in [0.3, 0.4) is 0 Å². The first-order chi connectivity index (χ1) is 13.0. The van der Waals surface area contributed by atoms with Gasteiger partial charge in [0, 0.05) is 29.4 Å². The van der Waals surface area contributed by atoms with Crippen LogP contribution in [0, 0.1) is 18.2 Å². The number of carbonyl (C=O) groups is 2. The summed E-state index contributed by atoms with van der Waals surface area (Å²) in [5, 5.41) is 5.56. The fraction of sp³-hybridized carbons (Fsp3) is 0.429. The van der Waals surface area contributed by atoms with Gasteiger partial charge in [0.05, 0.1) is 5.70 Å². The molecular weight excluding hydrogens is 359 g/mol. The Morgan fingerprint density at radius 2 is 1.86 bits per heavy atom. The quantitative estimate of drug-likeness (QED) is 0.443. The number of nitrogens with one attached hydrogen (secondary N) is 2. The van der Waals surface area contributed by atoms with Gasteiger partial charge in [-0.3, -0.25) is 9.59 Å². The van der Waals surface area contributed by atoms with Crippen molar-refractivity contribution in [3.05, 3.63) is 52.5 Å². The number of allylic oxidation sites excluding steroid dienone is 2. The Morgan fingerprint density at radius 3 is 2.43 bits per heavy atom. The van der Waals surface area contributed by atoms with E-state index in [0.717, 1.165) is 12.8 Å². The summed E-state index contributed by atoms with van der Waals surface area (Å²) in [6, 6.07) is 2.92. The minimum absolute atomic E-state index is 0.00652. The molecule has 2 amide bonds. The largest absolute Gasteiger partial charge is 0.398 e. The van der Waals surface area contributed by atoms with E-state index < -0.39 is 11.7 Å². The Morgan fingerprint density at radius 1 is 1.21 bits per heavy atom. The highest BCUT2D eigenvalue weighted by molar-refractivity contribution is 5.96. The highest BCUT2D eigenvalue weighted by Gasteiger charge is 2.24. The van der Waals surface area contributed by atoms with Gasteiger partial charge in [-0.05, 0) is 55.0 Å². The Bertz CT molecular complexity index is 834. The van der Waals surface area contributed by atoms with Crippen LogP contribution in [0.1, 0.15) is 55.1 Å². The van der Waals surface area contributed by atoms with Crippen LogP contribution in [-0.2, 0) is 4.79 Å². The summed E-state index contributed by atoms with van der Waals surface area (Å²) in [6.07, 6.45) is 4.70. The van der Waals surface area contributed by atoms with Gasteiger partial charge in [0.15, 0.2) is 0 Å². The number of rotatable bonds is 6. The van der Waals surface area contributed by atoms with Crippen LogP contribution >= 0.6 is 0 Å². The number of amides is 2. The van der Waals surface area contributed by atoms with Gasteiger partial charge in [-0.2, -0.15) is 0 Å². The molecule has 0 bridgehead atoms. The van der Waals surface area contributed by atoms with E-state index in [1.54, 1.807) is 13.0 Å². The lowest BCUT2D eigenvalue weighted by molar-refractivity contribution is -0.117. The average Bonchev–Trinajstić information content (AvgIpc) is 3.42. The second-order valence-corrected chi connectivity index (χ2v) is 8.37. The van der Waals surface area contributed by atoms with Crippen molar-refractivity contribution in [3.8, 4) is 0 Å². The third-order valence-electron chi connectivity index (χ3n) is 4.31. The number of hydrogen-bond acceptors (Lipinski definition) is 4. The summed E-state index contributed by atoms with van der Waals surface area (Å²) in [5.74, 6) is -1.25. The normalized spacial score (nSPS) is 15.3. The van der Waals surface area contributed by atoms with E-state index in [1.165, 1.54) is 18.2 Å². The Hall–Kier alpha value is -2.83. The van der Waals surface area contributed by atoms with Gasteiger partial charge in [-0.25, -0.2) is 4.39 Å². The molecule has 0 atom stereocenters. The van der Waals surface area contributed by atoms with E-state index in [9.17, 15) is 14.0 Å². The summed E-state index contributed by atoms with van der Waals surface area (Å²) in [6.45, 7) is 8.04. The molecule has 7 heteroatoms. The van der Waals surface area contributed by atoms with E-state index in [1.807, 2.05) is 20.8 Å². The first kappa shape index (κ1) is 21.5. The lowest BCUT2D eigenvalue weighted by Crippen LogP contribution is -2.35. The Labute approximate surface area is 165 Å². The predicted molar refractivity (Wildman–Crippen MR) is 109 cm³/mol. The van der Waals surface area contributed by atoms with E-state index in [0.29, 0.717) is 17.7 Å². The van der Waals surface area contributed by atoms with Gasteiger partial charge in [-0.15, -0.1) is 0 Å². The third kappa shape index (κ3) is 6.11. The van der Waals surface area contributed by atoms with Crippen LogP contribution < -0.4 is 22.1 Å². The third-order valence-corrected chi connectivity index (χ3v) is 4.31. The molecule has 0 unspecified atom stereocenters.